The van der Waals surface area contributed by atoms with Crippen LogP contribution < -0.4 is 14.8 Å². The molecule has 5 nitrogen and oxygen atoms in total. The molecule has 0 aliphatic carbocycles. The van der Waals surface area contributed by atoms with Gasteiger partial charge >= 0.3 is 6.03 Å². The number of ether oxygens (including phenoxy) is 2. The van der Waals surface area contributed by atoms with Gasteiger partial charge in [-0.25, -0.2) is 4.79 Å². The molecule has 0 unspecified atom stereocenters. The van der Waals surface area contributed by atoms with Gasteiger partial charge in [0.15, 0.2) is 11.5 Å². The van der Waals surface area contributed by atoms with Gasteiger partial charge in [0.25, 0.3) is 0 Å². The minimum absolute atomic E-state index is 0.102. The van der Waals surface area contributed by atoms with Crippen molar-refractivity contribution in [1.82, 2.24) is 10.2 Å². The highest BCUT2D eigenvalue weighted by Gasteiger charge is 2.13. The first kappa shape index (κ1) is 19.1. The standard InChI is InChI=1S/C22H28N2O3/c1-16(2)19-8-5-17(6-9-19)15-24(3)22(25)23-14-18-7-10-20-21(13-18)27-12-4-11-26-20/h5-10,13,16H,4,11-12,14-15H2,1-3H3,(H,23,25). The fourth-order valence-electron chi connectivity index (χ4n) is 2.98. The van der Waals surface area contributed by atoms with Crippen molar-refractivity contribution in [1.29, 1.82) is 0 Å². The lowest BCUT2D eigenvalue weighted by atomic mass is 10.0. The smallest absolute Gasteiger partial charge is 0.317 e. The van der Waals surface area contributed by atoms with Crippen molar-refractivity contribution in [2.45, 2.75) is 39.3 Å². The first-order chi connectivity index (χ1) is 13.0. The molecule has 0 saturated carbocycles. The maximum Gasteiger partial charge on any atom is 0.317 e. The Kier molecular flexibility index (Phi) is 6.22. The molecular weight excluding hydrogens is 340 g/mol. The van der Waals surface area contributed by atoms with Crippen LogP contribution >= 0.6 is 0 Å². The first-order valence-corrected chi connectivity index (χ1v) is 9.49. The monoisotopic (exact) mass is 368 g/mol. The van der Waals surface area contributed by atoms with E-state index in [9.17, 15) is 4.79 Å². The minimum Gasteiger partial charge on any atom is -0.490 e. The second-order valence-corrected chi connectivity index (χ2v) is 7.24. The molecule has 1 aliphatic heterocycles. The molecule has 2 amide bonds. The summed E-state index contributed by atoms with van der Waals surface area (Å²) in [6.45, 7) is 6.70. The second kappa shape index (κ2) is 8.80. The Morgan fingerprint density at radius 2 is 1.70 bits per heavy atom. The van der Waals surface area contributed by atoms with Crippen molar-refractivity contribution in [3.8, 4) is 11.5 Å². The highest BCUT2D eigenvalue weighted by Crippen LogP contribution is 2.30. The van der Waals surface area contributed by atoms with Crippen LogP contribution in [-0.2, 0) is 13.1 Å². The molecule has 0 atom stereocenters. The molecule has 2 aromatic carbocycles. The van der Waals surface area contributed by atoms with E-state index in [1.165, 1.54) is 5.56 Å². The zero-order chi connectivity index (χ0) is 19.2. The second-order valence-electron chi connectivity index (χ2n) is 7.24. The zero-order valence-electron chi connectivity index (χ0n) is 16.3. The van der Waals surface area contributed by atoms with E-state index in [0.29, 0.717) is 32.2 Å². The van der Waals surface area contributed by atoms with Crippen LogP contribution in [0.15, 0.2) is 42.5 Å². The van der Waals surface area contributed by atoms with Crippen LogP contribution in [-0.4, -0.2) is 31.2 Å². The fraction of sp³-hybridized carbons (Fsp3) is 0.409. The maximum absolute atomic E-state index is 12.4. The van der Waals surface area contributed by atoms with Gasteiger partial charge in [-0.3, -0.25) is 0 Å². The summed E-state index contributed by atoms with van der Waals surface area (Å²) in [7, 11) is 1.81. The highest BCUT2D eigenvalue weighted by atomic mass is 16.5. The summed E-state index contributed by atoms with van der Waals surface area (Å²) in [6, 6.07) is 14.1. The van der Waals surface area contributed by atoms with E-state index in [1.807, 2.05) is 18.2 Å². The normalized spacial score (nSPS) is 13.2. The number of carbonyl (C=O) groups excluding carboxylic acids is 1. The maximum atomic E-state index is 12.4. The highest BCUT2D eigenvalue weighted by molar-refractivity contribution is 5.73. The van der Waals surface area contributed by atoms with Crippen LogP contribution in [0.2, 0.25) is 0 Å². The van der Waals surface area contributed by atoms with Gasteiger partial charge in [-0.1, -0.05) is 44.2 Å². The number of hydrogen-bond donors (Lipinski definition) is 1. The quantitative estimate of drug-likeness (QED) is 0.855. The molecule has 0 radical (unpaired) electrons. The summed E-state index contributed by atoms with van der Waals surface area (Å²) < 4.78 is 11.3. The van der Waals surface area contributed by atoms with E-state index in [2.05, 4.69) is 43.4 Å². The number of fused-ring (bicyclic) bond motifs is 1. The Labute approximate surface area is 161 Å². The molecule has 1 heterocycles. The minimum atomic E-state index is -0.102. The van der Waals surface area contributed by atoms with Gasteiger partial charge < -0.3 is 19.7 Å². The van der Waals surface area contributed by atoms with Crippen LogP contribution in [0.3, 0.4) is 0 Å². The molecule has 5 heteroatoms. The summed E-state index contributed by atoms with van der Waals surface area (Å²) in [4.78, 5) is 14.1. The number of benzene rings is 2. The van der Waals surface area contributed by atoms with E-state index < -0.39 is 0 Å². The molecule has 0 saturated heterocycles. The van der Waals surface area contributed by atoms with Gasteiger partial charge in [0, 0.05) is 26.6 Å². The zero-order valence-corrected chi connectivity index (χ0v) is 16.3. The number of urea groups is 1. The molecule has 144 valence electrons. The summed E-state index contributed by atoms with van der Waals surface area (Å²) in [6.07, 6.45) is 0.879. The van der Waals surface area contributed by atoms with Crippen molar-refractivity contribution in [2.75, 3.05) is 20.3 Å². The van der Waals surface area contributed by atoms with Crippen molar-refractivity contribution in [3.05, 3.63) is 59.2 Å². The third-order valence-corrected chi connectivity index (χ3v) is 4.67. The molecule has 0 aromatic heterocycles. The van der Waals surface area contributed by atoms with Crippen LogP contribution in [0.5, 0.6) is 11.5 Å². The average Bonchev–Trinajstić information content (AvgIpc) is 2.91. The van der Waals surface area contributed by atoms with Crippen LogP contribution in [0.25, 0.3) is 0 Å². The Morgan fingerprint density at radius 3 is 2.41 bits per heavy atom. The van der Waals surface area contributed by atoms with Gasteiger partial charge in [-0.15, -0.1) is 0 Å². The lowest BCUT2D eigenvalue weighted by molar-refractivity contribution is 0.206. The van der Waals surface area contributed by atoms with Crippen molar-refractivity contribution < 1.29 is 14.3 Å². The van der Waals surface area contributed by atoms with E-state index in [1.54, 1.807) is 11.9 Å². The van der Waals surface area contributed by atoms with E-state index in [0.717, 1.165) is 29.0 Å². The summed E-state index contributed by atoms with van der Waals surface area (Å²) >= 11 is 0. The molecule has 0 spiro atoms. The molecule has 0 fully saturated rings. The average molecular weight is 368 g/mol. The molecule has 3 rings (SSSR count). The van der Waals surface area contributed by atoms with Gasteiger partial charge in [-0.2, -0.15) is 0 Å². The van der Waals surface area contributed by atoms with Gasteiger partial charge in [0.05, 0.1) is 13.2 Å². The predicted octanol–water partition coefficient (Wildman–Crippen LogP) is 4.31. The number of nitrogens with one attached hydrogen (secondary N) is 1. The summed E-state index contributed by atoms with van der Waals surface area (Å²) in [5, 5.41) is 2.96. The fourth-order valence-corrected chi connectivity index (χ4v) is 2.98. The van der Waals surface area contributed by atoms with Crippen molar-refractivity contribution in [3.63, 3.8) is 0 Å². The first-order valence-electron chi connectivity index (χ1n) is 9.49. The van der Waals surface area contributed by atoms with Crippen LogP contribution in [0.1, 0.15) is 42.9 Å². The van der Waals surface area contributed by atoms with E-state index in [4.69, 9.17) is 9.47 Å². The third-order valence-electron chi connectivity index (χ3n) is 4.67. The van der Waals surface area contributed by atoms with E-state index >= 15 is 0 Å². The lowest BCUT2D eigenvalue weighted by Gasteiger charge is -2.19. The molecular formula is C22H28N2O3. The Morgan fingerprint density at radius 1 is 1.04 bits per heavy atom. The van der Waals surface area contributed by atoms with E-state index in [-0.39, 0.29) is 6.03 Å². The molecule has 2 aromatic rings. The topological polar surface area (TPSA) is 50.8 Å². The molecule has 27 heavy (non-hydrogen) atoms. The molecule has 1 N–H and O–H groups in total. The number of nitrogens with zero attached hydrogens (tertiary/aromatic N) is 1. The van der Waals surface area contributed by atoms with Gasteiger partial charge in [0.2, 0.25) is 0 Å². The summed E-state index contributed by atoms with van der Waals surface area (Å²) in [5.74, 6) is 2.03. The van der Waals surface area contributed by atoms with Crippen molar-refractivity contribution in [2.24, 2.45) is 0 Å². The number of carbonyl (C=O) groups is 1. The number of hydrogen-bond acceptors (Lipinski definition) is 3. The Balaban J connectivity index is 1.53. The molecule has 0 bridgehead atoms. The lowest BCUT2D eigenvalue weighted by Crippen LogP contribution is -2.36. The Bertz CT molecular complexity index is 772. The summed E-state index contributed by atoms with van der Waals surface area (Å²) in [5.41, 5.74) is 3.41. The van der Waals surface area contributed by atoms with Crippen LogP contribution in [0, 0.1) is 0 Å². The SMILES string of the molecule is CC(C)c1ccc(CN(C)C(=O)NCc2ccc3c(c2)OCCCO3)cc1. The van der Waals surface area contributed by atoms with Crippen molar-refractivity contribution >= 4 is 6.03 Å². The predicted molar refractivity (Wildman–Crippen MR) is 106 cm³/mol. The Hall–Kier alpha value is -2.69. The van der Waals surface area contributed by atoms with Gasteiger partial charge in [0.1, 0.15) is 0 Å². The third kappa shape index (κ3) is 5.16. The number of amides is 2. The number of rotatable bonds is 5. The van der Waals surface area contributed by atoms with Crippen LogP contribution in [0.4, 0.5) is 4.79 Å². The molecule has 1 aliphatic rings. The van der Waals surface area contributed by atoms with Gasteiger partial charge in [-0.05, 0) is 34.7 Å². The largest absolute Gasteiger partial charge is 0.490 e.